The summed E-state index contributed by atoms with van der Waals surface area (Å²) in [4.78, 5) is 8.87. The van der Waals surface area contributed by atoms with Crippen LogP contribution in [0.2, 0.25) is 0 Å². The quantitative estimate of drug-likeness (QED) is 0.796. The number of aryl methyl sites for hydroxylation is 1. The van der Waals surface area contributed by atoms with E-state index in [0.717, 1.165) is 5.82 Å². The molecule has 1 aliphatic carbocycles. The number of rotatable bonds is 4. The third kappa shape index (κ3) is 4.65. The summed E-state index contributed by atoms with van der Waals surface area (Å²) in [5, 5.41) is 6.68. The molecule has 3 rings (SSSR count). The first-order valence-electron chi connectivity index (χ1n) is 8.34. The number of nitrogens with one attached hydrogen (secondary N) is 2. The number of halogens is 1. The first kappa shape index (κ1) is 15.7. The molecule has 122 valence electrons. The molecule has 1 saturated carbocycles. The topological polar surface area (TPSA) is 49.8 Å². The highest BCUT2D eigenvalue weighted by Crippen LogP contribution is 2.22. The average Bonchev–Trinajstić information content (AvgIpc) is 2.75. The van der Waals surface area contributed by atoms with Crippen LogP contribution in [-0.2, 0) is 0 Å². The van der Waals surface area contributed by atoms with Crippen LogP contribution in [0.4, 0.5) is 21.7 Å². The molecule has 0 aliphatic heterocycles. The Kier molecular flexibility index (Phi) is 5.05. The summed E-state index contributed by atoms with van der Waals surface area (Å²) in [6, 6.07) is 8.75. The number of hydrogen-bond donors (Lipinski definition) is 2. The molecule has 4 nitrogen and oxygen atoms in total. The smallest absolute Gasteiger partial charge is 0.136 e. The Labute approximate surface area is 136 Å². The molecule has 1 fully saturated rings. The van der Waals surface area contributed by atoms with Crippen LogP contribution < -0.4 is 10.6 Å². The summed E-state index contributed by atoms with van der Waals surface area (Å²) in [5.74, 6) is 1.95. The molecule has 1 aliphatic rings. The van der Waals surface area contributed by atoms with E-state index < -0.39 is 0 Å². The maximum Gasteiger partial charge on any atom is 0.136 e. The summed E-state index contributed by atoms with van der Waals surface area (Å²) < 4.78 is 13.3. The molecule has 0 saturated heterocycles. The van der Waals surface area contributed by atoms with Gasteiger partial charge in [0.2, 0.25) is 0 Å². The van der Waals surface area contributed by atoms with Gasteiger partial charge in [-0.1, -0.05) is 31.7 Å². The van der Waals surface area contributed by atoms with E-state index >= 15 is 0 Å². The van der Waals surface area contributed by atoms with Crippen molar-refractivity contribution in [3.63, 3.8) is 0 Å². The fourth-order valence-electron chi connectivity index (χ4n) is 3.05. The van der Waals surface area contributed by atoms with Gasteiger partial charge in [0.05, 0.1) is 0 Å². The fraction of sp³-hybridized carbons (Fsp3) is 0.444. The molecule has 0 unspecified atom stereocenters. The molecule has 0 bridgehead atoms. The van der Waals surface area contributed by atoms with Crippen LogP contribution in [0.5, 0.6) is 0 Å². The largest absolute Gasteiger partial charge is 0.367 e. The van der Waals surface area contributed by atoms with Crippen LogP contribution in [0.1, 0.15) is 44.3 Å². The first-order chi connectivity index (χ1) is 11.2. The number of benzene rings is 1. The van der Waals surface area contributed by atoms with Gasteiger partial charge < -0.3 is 10.6 Å². The second-order valence-electron chi connectivity index (χ2n) is 6.15. The molecule has 1 heterocycles. The lowest BCUT2D eigenvalue weighted by atomic mass is 10.1. The van der Waals surface area contributed by atoms with Gasteiger partial charge in [-0.25, -0.2) is 14.4 Å². The van der Waals surface area contributed by atoms with E-state index in [4.69, 9.17) is 0 Å². The van der Waals surface area contributed by atoms with Gasteiger partial charge in [-0.05, 0) is 38.0 Å². The van der Waals surface area contributed by atoms with Gasteiger partial charge in [0.1, 0.15) is 23.3 Å². The van der Waals surface area contributed by atoms with Crippen molar-refractivity contribution < 1.29 is 4.39 Å². The van der Waals surface area contributed by atoms with Crippen molar-refractivity contribution in [1.82, 2.24) is 9.97 Å². The van der Waals surface area contributed by atoms with E-state index in [-0.39, 0.29) is 5.82 Å². The van der Waals surface area contributed by atoms with Crippen LogP contribution >= 0.6 is 0 Å². The van der Waals surface area contributed by atoms with Crippen molar-refractivity contribution in [3.05, 3.63) is 42.0 Å². The fourth-order valence-corrected chi connectivity index (χ4v) is 3.05. The van der Waals surface area contributed by atoms with Gasteiger partial charge in [-0.15, -0.1) is 0 Å². The highest BCUT2D eigenvalue weighted by molar-refractivity contribution is 5.59. The van der Waals surface area contributed by atoms with Crippen molar-refractivity contribution >= 4 is 17.3 Å². The zero-order valence-corrected chi connectivity index (χ0v) is 13.5. The number of anilines is 3. The van der Waals surface area contributed by atoms with Gasteiger partial charge >= 0.3 is 0 Å². The van der Waals surface area contributed by atoms with Gasteiger partial charge in [0.15, 0.2) is 0 Å². The molecular formula is C18H23FN4. The predicted molar refractivity (Wildman–Crippen MR) is 91.6 cm³/mol. The highest BCUT2D eigenvalue weighted by Gasteiger charge is 2.13. The van der Waals surface area contributed by atoms with E-state index in [1.165, 1.54) is 50.7 Å². The van der Waals surface area contributed by atoms with Gasteiger partial charge in [-0.3, -0.25) is 0 Å². The highest BCUT2D eigenvalue weighted by atomic mass is 19.1. The summed E-state index contributed by atoms with van der Waals surface area (Å²) in [6.45, 7) is 1.87. The Bertz CT molecular complexity index is 651. The third-order valence-corrected chi connectivity index (χ3v) is 4.14. The lowest BCUT2D eigenvalue weighted by molar-refractivity contribution is 0.617. The zero-order chi connectivity index (χ0) is 16.1. The van der Waals surface area contributed by atoms with E-state index in [1.807, 2.05) is 19.1 Å². The molecule has 0 atom stereocenters. The Balaban J connectivity index is 1.73. The molecule has 2 aromatic rings. The molecule has 1 aromatic heterocycles. The molecule has 0 spiro atoms. The molecule has 2 N–H and O–H groups in total. The van der Waals surface area contributed by atoms with Gasteiger partial charge in [-0.2, -0.15) is 0 Å². The summed E-state index contributed by atoms with van der Waals surface area (Å²) in [5.41, 5.74) is 0.684. The van der Waals surface area contributed by atoms with Crippen molar-refractivity contribution in [2.45, 2.75) is 51.5 Å². The van der Waals surface area contributed by atoms with Crippen LogP contribution in [0, 0.1) is 12.7 Å². The van der Waals surface area contributed by atoms with Crippen LogP contribution in [0.3, 0.4) is 0 Å². The van der Waals surface area contributed by atoms with E-state index in [2.05, 4.69) is 20.6 Å². The molecule has 1 aromatic carbocycles. The van der Waals surface area contributed by atoms with Crippen molar-refractivity contribution in [2.24, 2.45) is 0 Å². The Hall–Kier alpha value is -2.17. The SMILES string of the molecule is Cc1nc(Nc2cccc(F)c2)cc(NC2CCCCCC2)n1. The maximum absolute atomic E-state index is 13.3. The Morgan fingerprint density at radius 1 is 1.00 bits per heavy atom. The summed E-state index contributed by atoms with van der Waals surface area (Å²) in [6.07, 6.45) is 7.58. The monoisotopic (exact) mass is 314 g/mol. The second-order valence-corrected chi connectivity index (χ2v) is 6.15. The van der Waals surface area contributed by atoms with Gasteiger partial charge in [0.25, 0.3) is 0 Å². The summed E-state index contributed by atoms with van der Waals surface area (Å²) in [7, 11) is 0. The predicted octanol–water partition coefficient (Wildman–Crippen LogP) is 4.80. The lowest BCUT2D eigenvalue weighted by Crippen LogP contribution is -2.19. The Morgan fingerprint density at radius 3 is 2.48 bits per heavy atom. The molecule has 0 amide bonds. The van der Waals surface area contributed by atoms with E-state index in [9.17, 15) is 4.39 Å². The normalized spacial score (nSPS) is 15.9. The van der Waals surface area contributed by atoms with Crippen LogP contribution in [-0.4, -0.2) is 16.0 Å². The number of hydrogen-bond acceptors (Lipinski definition) is 4. The second kappa shape index (κ2) is 7.40. The van der Waals surface area contributed by atoms with Crippen LogP contribution in [0.15, 0.2) is 30.3 Å². The summed E-state index contributed by atoms with van der Waals surface area (Å²) >= 11 is 0. The van der Waals surface area contributed by atoms with Crippen LogP contribution in [0.25, 0.3) is 0 Å². The Morgan fingerprint density at radius 2 is 1.74 bits per heavy atom. The van der Waals surface area contributed by atoms with Crippen molar-refractivity contribution in [1.29, 1.82) is 0 Å². The van der Waals surface area contributed by atoms with E-state index in [0.29, 0.717) is 23.4 Å². The minimum Gasteiger partial charge on any atom is -0.367 e. The zero-order valence-electron chi connectivity index (χ0n) is 13.5. The number of nitrogens with zero attached hydrogens (tertiary/aromatic N) is 2. The first-order valence-corrected chi connectivity index (χ1v) is 8.34. The van der Waals surface area contributed by atoms with Gasteiger partial charge in [0, 0.05) is 17.8 Å². The third-order valence-electron chi connectivity index (χ3n) is 4.14. The van der Waals surface area contributed by atoms with Crippen molar-refractivity contribution in [2.75, 3.05) is 10.6 Å². The minimum absolute atomic E-state index is 0.266. The standard InChI is InChI=1S/C18H23FN4/c1-13-20-17(22-15-8-4-2-3-5-9-15)12-18(21-13)23-16-10-6-7-14(19)11-16/h6-7,10-12,15H,2-5,8-9H2,1H3,(H2,20,21,22,23). The molecule has 23 heavy (non-hydrogen) atoms. The molecule has 5 heteroatoms. The minimum atomic E-state index is -0.266. The van der Waals surface area contributed by atoms with Crippen molar-refractivity contribution in [3.8, 4) is 0 Å². The molecular weight excluding hydrogens is 291 g/mol. The maximum atomic E-state index is 13.3. The number of aromatic nitrogens is 2. The van der Waals surface area contributed by atoms with E-state index in [1.54, 1.807) is 6.07 Å². The molecule has 0 radical (unpaired) electrons. The lowest BCUT2D eigenvalue weighted by Gasteiger charge is -2.18. The average molecular weight is 314 g/mol.